The number of aromatic nitrogens is 1. The second-order valence-corrected chi connectivity index (χ2v) is 9.60. The molecule has 0 fully saturated rings. The first-order valence-electron chi connectivity index (χ1n) is 15.2. The Morgan fingerprint density at radius 3 is 1.88 bits per heavy atom. The van der Waals surface area contributed by atoms with E-state index in [9.17, 15) is 18.0 Å². The van der Waals surface area contributed by atoms with Gasteiger partial charge in [-0.1, -0.05) is 17.7 Å². The van der Waals surface area contributed by atoms with Gasteiger partial charge in [-0.05, 0) is 61.5 Å². The van der Waals surface area contributed by atoms with Crippen LogP contribution in [0.1, 0.15) is 24.6 Å². The largest absolute Gasteiger partial charge is 0.457 e. The molecule has 0 aliphatic rings. The summed E-state index contributed by atoms with van der Waals surface area (Å²) in [6.07, 6.45) is 2.41. The fraction of sp³-hybridized carbons (Fsp3) is 0.382. The Labute approximate surface area is 295 Å². The number of nitrogens with two attached hydrogens (primary N) is 2. The van der Waals surface area contributed by atoms with Gasteiger partial charge < -0.3 is 50.4 Å². The first-order valence-corrected chi connectivity index (χ1v) is 15.6. The number of pyridine rings is 1. The number of halogens is 4. The zero-order chi connectivity index (χ0) is 37.5. The van der Waals surface area contributed by atoms with Crippen molar-refractivity contribution in [1.29, 1.82) is 0 Å². The van der Waals surface area contributed by atoms with E-state index in [2.05, 4.69) is 16.0 Å². The number of ether oxygens (including phenoxy) is 5. The number of aldehydes is 1. The minimum absolute atomic E-state index is 0.250. The Bertz CT molecular complexity index is 1340. The van der Waals surface area contributed by atoms with E-state index in [-0.39, 0.29) is 17.1 Å². The van der Waals surface area contributed by atoms with Gasteiger partial charge in [0.2, 0.25) is 6.41 Å². The van der Waals surface area contributed by atoms with E-state index < -0.39 is 11.7 Å². The van der Waals surface area contributed by atoms with Crippen LogP contribution in [0.15, 0.2) is 66.9 Å². The monoisotopic (exact) mass is 730 g/mol. The number of alkyl halides is 3. The number of primary amides is 1. The van der Waals surface area contributed by atoms with Crippen LogP contribution in [0.2, 0.25) is 5.02 Å². The van der Waals surface area contributed by atoms with Crippen molar-refractivity contribution in [3.8, 4) is 11.5 Å². The second kappa shape index (κ2) is 29.8. The molecule has 0 unspecified atom stereocenters. The lowest BCUT2D eigenvalue weighted by molar-refractivity contribution is -0.137. The van der Waals surface area contributed by atoms with Crippen LogP contribution >= 0.6 is 11.6 Å². The minimum atomic E-state index is -4.51. The Balaban J connectivity index is 0.000000937. The summed E-state index contributed by atoms with van der Waals surface area (Å²) in [5.74, 6) is 1.23. The predicted octanol–water partition coefficient (Wildman–Crippen LogP) is 5.63. The van der Waals surface area contributed by atoms with Crippen molar-refractivity contribution in [3.05, 3.63) is 83.2 Å². The zero-order valence-corrected chi connectivity index (χ0v) is 28.8. The summed E-state index contributed by atoms with van der Waals surface area (Å²) in [4.78, 5) is 22.7. The molecule has 0 atom stereocenters. The molecule has 3 rings (SSSR count). The number of hydrogen-bond donors (Lipinski definition) is 4. The number of aliphatic hydroxyl groups excluding tert-OH is 1. The van der Waals surface area contributed by atoms with Crippen molar-refractivity contribution in [2.45, 2.75) is 19.5 Å². The number of rotatable bonds is 19. The van der Waals surface area contributed by atoms with Gasteiger partial charge in [-0.3, -0.25) is 9.78 Å². The molecule has 0 bridgehead atoms. The van der Waals surface area contributed by atoms with E-state index in [1.807, 2.05) is 19.1 Å². The van der Waals surface area contributed by atoms with Crippen LogP contribution in [-0.2, 0) is 34.7 Å². The van der Waals surface area contributed by atoms with Gasteiger partial charge in [0, 0.05) is 43.7 Å². The van der Waals surface area contributed by atoms with Crippen molar-refractivity contribution in [2.75, 3.05) is 71.8 Å². The lowest BCUT2D eigenvalue weighted by atomic mass is 10.2. The highest BCUT2D eigenvalue weighted by molar-refractivity contribution is 6.31. The van der Waals surface area contributed by atoms with Crippen molar-refractivity contribution in [1.82, 2.24) is 4.98 Å². The third kappa shape index (κ3) is 22.5. The number of amides is 1. The maximum atomic E-state index is 13.0. The van der Waals surface area contributed by atoms with Crippen molar-refractivity contribution in [2.24, 2.45) is 11.5 Å². The van der Waals surface area contributed by atoms with Gasteiger partial charge in [0.25, 0.3) is 0 Å². The molecule has 1 heterocycles. The quantitative estimate of drug-likeness (QED) is 0.0888. The molecular formula is C34H46ClF3N4O8. The van der Waals surface area contributed by atoms with E-state index in [1.54, 1.807) is 42.6 Å². The number of aliphatic hydroxyl groups is 1. The number of allylic oxidation sites excluding steroid dienone is 1. The molecule has 6 N–H and O–H groups in total. The summed E-state index contributed by atoms with van der Waals surface area (Å²) in [5, 5.41) is 9.59. The van der Waals surface area contributed by atoms with Crippen LogP contribution in [0.25, 0.3) is 6.08 Å². The van der Waals surface area contributed by atoms with Gasteiger partial charge in [0.15, 0.2) is 0 Å². The number of carbonyl (C=O) groups is 2. The van der Waals surface area contributed by atoms with Crippen molar-refractivity contribution in [3.63, 3.8) is 0 Å². The van der Waals surface area contributed by atoms with E-state index in [0.717, 1.165) is 25.2 Å². The molecule has 0 aliphatic carbocycles. The highest BCUT2D eigenvalue weighted by atomic mass is 35.5. The van der Waals surface area contributed by atoms with Gasteiger partial charge >= 0.3 is 6.18 Å². The standard InChI is InChI=1S/C21H16ClF3N2O.C11H23NO5.CH3NO.CH4O/c1-2-3-15-12-18(10-11-26-15)28-17-7-4-14(5-8-17)27-16-6-9-20(22)19(13-16)21(23,24)25;12-2-5-15-7-9-17-11-10-16-8-6-14-4-1-3-13;2-1-3;1-2/h2-13,27H,1H3;3H,1-2,4-12H2;1H,(H2,2,3);2H,1H3/b3-2+;;;. The van der Waals surface area contributed by atoms with Gasteiger partial charge in [-0.2, -0.15) is 13.2 Å². The fourth-order valence-electron chi connectivity index (χ4n) is 3.46. The number of anilines is 2. The number of nitrogens with one attached hydrogen (secondary N) is 1. The first-order chi connectivity index (χ1) is 24.2. The van der Waals surface area contributed by atoms with Crippen LogP contribution < -0.4 is 21.5 Å². The van der Waals surface area contributed by atoms with E-state index in [4.69, 9.17) is 50.9 Å². The van der Waals surface area contributed by atoms with Crippen LogP contribution in [0.4, 0.5) is 24.5 Å². The Kier molecular flexibility index (Phi) is 27.4. The van der Waals surface area contributed by atoms with E-state index in [1.165, 1.54) is 12.1 Å². The number of carbonyl (C=O) groups excluding carboxylic acids is 2. The molecule has 0 spiro atoms. The van der Waals surface area contributed by atoms with Crippen LogP contribution in [-0.4, -0.2) is 89.3 Å². The Hall–Kier alpha value is -4.09. The number of hydrogen-bond acceptors (Lipinski definition) is 11. The SMILES string of the molecule is C/C=C/c1cc(Oc2ccc(Nc3ccc(Cl)c(C(F)(F)F)c3)cc2)ccn1.CO.NC=O.NCCOCCOCCOCCOCCC=O. The van der Waals surface area contributed by atoms with E-state index in [0.29, 0.717) is 83.0 Å². The fourth-order valence-corrected chi connectivity index (χ4v) is 3.68. The predicted molar refractivity (Wildman–Crippen MR) is 187 cm³/mol. The lowest BCUT2D eigenvalue weighted by Crippen LogP contribution is -2.14. The zero-order valence-electron chi connectivity index (χ0n) is 28.1. The average Bonchev–Trinajstić information content (AvgIpc) is 3.10. The Morgan fingerprint density at radius 2 is 1.36 bits per heavy atom. The van der Waals surface area contributed by atoms with Crippen LogP contribution in [0.3, 0.4) is 0 Å². The molecule has 3 aromatic rings. The number of benzene rings is 2. The average molecular weight is 731 g/mol. The molecule has 0 radical (unpaired) electrons. The summed E-state index contributed by atoms with van der Waals surface area (Å²) in [6, 6.07) is 14.1. The van der Waals surface area contributed by atoms with Gasteiger partial charge in [0.1, 0.15) is 17.8 Å². The molecule has 12 nitrogen and oxygen atoms in total. The van der Waals surface area contributed by atoms with Gasteiger partial charge in [-0.15, -0.1) is 0 Å². The Morgan fingerprint density at radius 1 is 0.820 bits per heavy atom. The van der Waals surface area contributed by atoms with Gasteiger partial charge in [0.05, 0.1) is 69.1 Å². The summed E-state index contributed by atoms with van der Waals surface area (Å²) in [5.41, 5.74) is 10.2. The summed E-state index contributed by atoms with van der Waals surface area (Å²) in [7, 11) is 1.00. The number of nitrogens with zero attached hydrogens (tertiary/aromatic N) is 1. The second-order valence-electron chi connectivity index (χ2n) is 9.19. The molecule has 16 heteroatoms. The molecule has 2 aromatic carbocycles. The first kappa shape index (κ1) is 45.9. The topological polar surface area (TPSA) is 177 Å². The maximum Gasteiger partial charge on any atom is 0.417 e. The molecule has 50 heavy (non-hydrogen) atoms. The maximum absolute atomic E-state index is 13.0. The molecule has 0 saturated carbocycles. The van der Waals surface area contributed by atoms with Crippen LogP contribution in [0, 0.1) is 0 Å². The molecule has 0 aliphatic heterocycles. The molecule has 1 amide bonds. The molecule has 0 saturated heterocycles. The van der Waals surface area contributed by atoms with Crippen molar-refractivity contribution >= 4 is 41.7 Å². The molecular weight excluding hydrogens is 685 g/mol. The van der Waals surface area contributed by atoms with E-state index >= 15 is 0 Å². The third-order valence-corrected chi connectivity index (χ3v) is 5.83. The third-order valence-electron chi connectivity index (χ3n) is 5.50. The summed E-state index contributed by atoms with van der Waals surface area (Å²) >= 11 is 5.64. The smallest absolute Gasteiger partial charge is 0.417 e. The molecule has 278 valence electrons. The van der Waals surface area contributed by atoms with Crippen LogP contribution in [0.5, 0.6) is 11.5 Å². The molecule has 1 aromatic heterocycles. The highest BCUT2D eigenvalue weighted by Gasteiger charge is 2.33. The lowest BCUT2D eigenvalue weighted by Gasteiger charge is -2.13. The minimum Gasteiger partial charge on any atom is -0.457 e. The van der Waals surface area contributed by atoms with Gasteiger partial charge in [-0.25, -0.2) is 0 Å². The summed E-state index contributed by atoms with van der Waals surface area (Å²) < 4.78 is 65.4. The normalized spacial score (nSPS) is 10.5. The summed E-state index contributed by atoms with van der Waals surface area (Å²) in [6.45, 7) is 6.69. The highest BCUT2D eigenvalue weighted by Crippen LogP contribution is 2.37. The van der Waals surface area contributed by atoms with Crippen molar-refractivity contribution < 1.29 is 51.6 Å².